The molecule has 0 atom stereocenters. The lowest BCUT2D eigenvalue weighted by atomic mass is 10.1. The van der Waals surface area contributed by atoms with Crippen LogP contribution in [0.15, 0.2) is 24.7 Å². The van der Waals surface area contributed by atoms with Crippen LogP contribution in [-0.2, 0) is 11.3 Å². The number of nitrogens with zero attached hydrogens (tertiary/aromatic N) is 4. The number of fused-ring (bicyclic) bond motifs is 1. The van der Waals surface area contributed by atoms with Gasteiger partial charge in [-0.25, -0.2) is 15.0 Å². The molecule has 4 heterocycles. The Hall–Kier alpha value is -2.99. The average molecular weight is 393 g/mol. The predicted octanol–water partition coefficient (Wildman–Crippen LogP) is 1.59. The van der Waals surface area contributed by atoms with E-state index >= 15 is 0 Å². The van der Waals surface area contributed by atoms with Gasteiger partial charge in [-0.3, -0.25) is 4.90 Å². The number of rotatable bonds is 5. The fraction of sp³-hybridized carbons (Fsp3) is 0.381. The smallest absolute Gasteiger partial charge is 0.316 e. The zero-order valence-electron chi connectivity index (χ0n) is 16.3. The van der Waals surface area contributed by atoms with Gasteiger partial charge in [0.15, 0.2) is 0 Å². The van der Waals surface area contributed by atoms with Crippen LogP contribution in [-0.4, -0.2) is 70.0 Å². The van der Waals surface area contributed by atoms with Crippen LogP contribution in [0.2, 0.25) is 0 Å². The second-order valence-electron chi connectivity index (χ2n) is 6.72. The molecule has 3 aromatic rings. The number of hydrogen-bond donors (Lipinski definition) is 2. The third-order valence-corrected chi connectivity index (χ3v) is 4.81. The standard InChI is InChI=1S/C21H23N5O3/c1-28-21-23-12-16(13-24-21)19-18(14-26-5-8-29-9-6-26)17-10-15(4-2-3-7-27)11-22-20(17)25-19/h10-13,27H,3,5-9,14H2,1H3,(H,22,25). The number of aliphatic hydroxyl groups excluding tert-OH is 1. The first-order chi connectivity index (χ1) is 14.3. The minimum atomic E-state index is 0.0523. The van der Waals surface area contributed by atoms with Crippen LogP contribution < -0.4 is 4.74 Å². The molecular weight excluding hydrogens is 370 g/mol. The summed E-state index contributed by atoms with van der Waals surface area (Å²) in [6.07, 6.45) is 5.69. The molecule has 0 spiro atoms. The lowest BCUT2D eigenvalue weighted by Gasteiger charge is -2.26. The van der Waals surface area contributed by atoms with Gasteiger partial charge in [-0.05, 0) is 6.07 Å². The molecule has 8 heteroatoms. The molecule has 150 valence electrons. The molecule has 4 rings (SSSR count). The number of hydrogen-bond acceptors (Lipinski definition) is 7. The zero-order chi connectivity index (χ0) is 20.1. The molecule has 0 aromatic carbocycles. The molecule has 29 heavy (non-hydrogen) atoms. The lowest BCUT2D eigenvalue weighted by Crippen LogP contribution is -2.35. The number of H-pyrrole nitrogens is 1. The molecule has 1 saturated heterocycles. The summed E-state index contributed by atoms with van der Waals surface area (Å²) in [5.41, 5.74) is 4.58. The topological polar surface area (TPSA) is 96.4 Å². The highest BCUT2D eigenvalue weighted by Gasteiger charge is 2.19. The summed E-state index contributed by atoms with van der Waals surface area (Å²) in [5.74, 6) is 6.03. The van der Waals surface area contributed by atoms with Crippen molar-refractivity contribution < 1.29 is 14.6 Å². The van der Waals surface area contributed by atoms with Crippen LogP contribution in [0, 0.1) is 11.8 Å². The monoisotopic (exact) mass is 393 g/mol. The van der Waals surface area contributed by atoms with Crippen molar-refractivity contribution in [3.63, 3.8) is 0 Å². The molecule has 0 radical (unpaired) electrons. The van der Waals surface area contributed by atoms with Gasteiger partial charge in [-0.15, -0.1) is 0 Å². The van der Waals surface area contributed by atoms with Crippen molar-refractivity contribution in [2.75, 3.05) is 40.0 Å². The number of methoxy groups -OCH3 is 1. The lowest BCUT2D eigenvalue weighted by molar-refractivity contribution is 0.0344. The van der Waals surface area contributed by atoms with E-state index < -0.39 is 0 Å². The summed E-state index contributed by atoms with van der Waals surface area (Å²) in [6, 6.07) is 2.38. The SMILES string of the molecule is COc1ncc(-c2[nH]c3ncc(C#CCCO)cc3c2CN2CCOCC2)cn1. The Labute approximate surface area is 168 Å². The fourth-order valence-electron chi connectivity index (χ4n) is 3.36. The molecular formula is C21H23N5O3. The maximum atomic E-state index is 8.95. The van der Waals surface area contributed by atoms with Crippen LogP contribution in [0.25, 0.3) is 22.3 Å². The van der Waals surface area contributed by atoms with E-state index in [4.69, 9.17) is 14.6 Å². The van der Waals surface area contributed by atoms with Crippen molar-refractivity contribution in [3.8, 4) is 29.1 Å². The summed E-state index contributed by atoms with van der Waals surface area (Å²) in [5, 5.41) is 9.98. The molecule has 1 fully saturated rings. The molecule has 0 saturated carbocycles. The van der Waals surface area contributed by atoms with Crippen molar-refractivity contribution in [1.82, 2.24) is 24.8 Å². The van der Waals surface area contributed by atoms with Crippen molar-refractivity contribution >= 4 is 11.0 Å². The molecule has 2 N–H and O–H groups in total. The maximum Gasteiger partial charge on any atom is 0.316 e. The molecule has 3 aromatic heterocycles. The Morgan fingerprint density at radius 3 is 2.72 bits per heavy atom. The first-order valence-corrected chi connectivity index (χ1v) is 9.55. The molecule has 0 amide bonds. The Kier molecular flexibility index (Phi) is 6.00. The Bertz CT molecular complexity index is 1030. The molecule has 1 aliphatic rings. The van der Waals surface area contributed by atoms with Crippen molar-refractivity contribution in [1.29, 1.82) is 0 Å². The Morgan fingerprint density at radius 1 is 1.21 bits per heavy atom. The molecule has 8 nitrogen and oxygen atoms in total. The molecule has 0 unspecified atom stereocenters. The van der Waals surface area contributed by atoms with E-state index in [2.05, 4.69) is 36.7 Å². The number of aromatic nitrogens is 4. The number of nitrogens with one attached hydrogen (secondary N) is 1. The third-order valence-electron chi connectivity index (χ3n) is 4.81. The molecule has 0 bridgehead atoms. The van der Waals surface area contributed by atoms with E-state index in [1.54, 1.807) is 25.7 Å². The van der Waals surface area contributed by atoms with Crippen molar-refractivity contribution in [2.24, 2.45) is 0 Å². The summed E-state index contributed by atoms with van der Waals surface area (Å²) in [6.45, 7) is 4.05. The number of aliphatic hydroxyl groups is 1. The number of aromatic amines is 1. The molecule has 0 aliphatic carbocycles. The van der Waals surface area contributed by atoms with Crippen LogP contribution >= 0.6 is 0 Å². The minimum Gasteiger partial charge on any atom is -0.467 e. The first kappa shape index (κ1) is 19.3. The normalized spacial score (nSPS) is 14.6. The van der Waals surface area contributed by atoms with E-state index in [0.717, 1.165) is 66.3 Å². The summed E-state index contributed by atoms with van der Waals surface area (Å²) in [4.78, 5) is 18.8. The summed E-state index contributed by atoms with van der Waals surface area (Å²) in [7, 11) is 1.55. The largest absolute Gasteiger partial charge is 0.467 e. The van der Waals surface area contributed by atoms with E-state index in [1.807, 2.05) is 6.07 Å². The van der Waals surface area contributed by atoms with Gasteiger partial charge >= 0.3 is 6.01 Å². The Morgan fingerprint density at radius 2 is 2.00 bits per heavy atom. The van der Waals surface area contributed by atoms with Crippen LogP contribution in [0.3, 0.4) is 0 Å². The summed E-state index contributed by atoms with van der Waals surface area (Å²) < 4.78 is 10.6. The van der Waals surface area contributed by atoms with Gasteiger partial charge in [0.05, 0.1) is 32.6 Å². The van der Waals surface area contributed by atoms with Gasteiger partial charge in [0.1, 0.15) is 5.65 Å². The van der Waals surface area contributed by atoms with E-state index in [9.17, 15) is 0 Å². The van der Waals surface area contributed by atoms with Gasteiger partial charge in [-0.1, -0.05) is 11.8 Å². The second-order valence-corrected chi connectivity index (χ2v) is 6.72. The number of pyridine rings is 1. The number of ether oxygens (including phenoxy) is 2. The van der Waals surface area contributed by atoms with Gasteiger partial charge in [0, 0.05) is 66.7 Å². The fourth-order valence-corrected chi connectivity index (χ4v) is 3.36. The van der Waals surface area contributed by atoms with E-state index in [1.165, 1.54) is 0 Å². The van der Waals surface area contributed by atoms with Crippen molar-refractivity contribution in [3.05, 3.63) is 35.8 Å². The maximum absolute atomic E-state index is 8.95. The number of morpholine rings is 1. The predicted molar refractivity (Wildman–Crippen MR) is 108 cm³/mol. The van der Waals surface area contributed by atoms with Gasteiger partial charge in [0.2, 0.25) is 0 Å². The zero-order valence-corrected chi connectivity index (χ0v) is 16.3. The van der Waals surface area contributed by atoms with Crippen molar-refractivity contribution in [2.45, 2.75) is 13.0 Å². The van der Waals surface area contributed by atoms with Crippen LogP contribution in [0.4, 0.5) is 0 Å². The average Bonchev–Trinajstić information content (AvgIpc) is 3.12. The van der Waals surface area contributed by atoms with E-state index in [-0.39, 0.29) is 6.61 Å². The highest BCUT2D eigenvalue weighted by atomic mass is 16.5. The van der Waals surface area contributed by atoms with E-state index in [0.29, 0.717) is 12.4 Å². The first-order valence-electron chi connectivity index (χ1n) is 9.55. The summed E-state index contributed by atoms with van der Waals surface area (Å²) >= 11 is 0. The van der Waals surface area contributed by atoms with Crippen LogP contribution in [0.1, 0.15) is 17.5 Å². The highest BCUT2D eigenvalue weighted by Crippen LogP contribution is 2.31. The highest BCUT2D eigenvalue weighted by molar-refractivity contribution is 5.89. The molecule has 1 aliphatic heterocycles. The quantitative estimate of drug-likeness (QED) is 0.636. The second kappa shape index (κ2) is 9.01. The van der Waals surface area contributed by atoms with Gasteiger partial charge < -0.3 is 19.6 Å². The van der Waals surface area contributed by atoms with Gasteiger partial charge in [0.25, 0.3) is 0 Å². The Balaban J connectivity index is 1.77. The van der Waals surface area contributed by atoms with Crippen LogP contribution in [0.5, 0.6) is 6.01 Å². The van der Waals surface area contributed by atoms with Gasteiger partial charge in [-0.2, -0.15) is 0 Å². The minimum absolute atomic E-state index is 0.0523. The third kappa shape index (κ3) is 4.38.